The van der Waals surface area contributed by atoms with Crippen molar-refractivity contribution in [1.29, 1.82) is 0 Å². The van der Waals surface area contributed by atoms with Crippen molar-refractivity contribution in [2.24, 2.45) is 0 Å². The van der Waals surface area contributed by atoms with Crippen LogP contribution in [0, 0.1) is 6.92 Å². The molecule has 0 saturated carbocycles. The van der Waals surface area contributed by atoms with E-state index in [2.05, 4.69) is 46.9 Å². The number of fused-ring (bicyclic) bond motifs is 1. The number of benzene rings is 1. The highest BCUT2D eigenvalue weighted by molar-refractivity contribution is 7.10. The van der Waals surface area contributed by atoms with Gasteiger partial charge in [0.1, 0.15) is 5.01 Å². The van der Waals surface area contributed by atoms with E-state index in [1.807, 2.05) is 11.6 Å². The molecular formula is C18H18N2O2S2. The van der Waals surface area contributed by atoms with Gasteiger partial charge < -0.3 is 14.8 Å². The van der Waals surface area contributed by atoms with E-state index < -0.39 is 0 Å². The van der Waals surface area contributed by atoms with Crippen molar-refractivity contribution in [3.63, 3.8) is 0 Å². The van der Waals surface area contributed by atoms with Crippen LogP contribution in [0.5, 0.6) is 11.5 Å². The van der Waals surface area contributed by atoms with Gasteiger partial charge in [-0.15, -0.1) is 22.7 Å². The maximum atomic E-state index is 5.50. The summed E-state index contributed by atoms with van der Waals surface area (Å²) in [5.74, 6) is 1.67. The molecule has 1 N–H and O–H groups in total. The van der Waals surface area contributed by atoms with Gasteiger partial charge >= 0.3 is 0 Å². The lowest BCUT2D eigenvalue weighted by Gasteiger charge is -2.17. The van der Waals surface area contributed by atoms with Crippen LogP contribution < -0.4 is 14.8 Å². The minimum absolute atomic E-state index is 0.216. The Morgan fingerprint density at radius 1 is 1.21 bits per heavy atom. The number of hydrogen-bond donors (Lipinski definition) is 1. The second kappa shape index (κ2) is 6.93. The number of thiazole rings is 1. The van der Waals surface area contributed by atoms with Crippen LogP contribution in [0.2, 0.25) is 0 Å². The lowest BCUT2D eigenvalue weighted by Crippen LogP contribution is -2.23. The monoisotopic (exact) mass is 358 g/mol. The summed E-state index contributed by atoms with van der Waals surface area (Å²) in [6, 6.07) is 8.62. The van der Waals surface area contributed by atoms with Gasteiger partial charge in [0.2, 0.25) is 6.79 Å². The standard InChI is InChI=1S/C18H18N2O2S2/c1-12-7-16-17(22-11-21-16)8-13(12)10-20-15(18-19-4-6-24-18)9-14-3-2-5-23-14/h2-8,15,20H,9-11H2,1H3. The number of nitrogens with zero attached hydrogens (tertiary/aromatic N) is 1. The van der Waals surface area contributed by atoms with Crippen molar-refractivity contribution in [2.75, 3.05) is 6.79 Å². The summed E-state index contributed by atoms with van der Waals surface area (Å²) in [6.45, 7) is 3.19. The molecule has 0 amide bonds. The normalized spacial score (nSPS) is 14.0. The average Bonchev–Trinajstić information content (AvgIpc) is 3.32. The highest BCUT2D eigenvalue weighted by atomic mass is 32.1. The van der Waals surface area contributed by atoms with Crippen molar-refractivity contribution < 1.29 is 9.47 Å². The molecule has 6 heteroatoms. The zero-order valence-corrected chi connectivity index (χ0v) is 15.0. The zero-order valence-electron chi connectivity index (χ0n) is 13.3. The fraction of sp³-hybridized carbons (Fsp3) is 0.278. The Morgan fingerprint density at radius 2 is 2.08 bits per heavy atom. The molecule has 0 radical (unpaired) electrons. The van der Waals surface area contributed by atoms with Gasteiger partial charge in [0.15, 0.2) is 11.5 Å². The maximum absolute atomic E-state index is 5.50. The van der Waals surface area contributed by atoms with Gasteiger partial charge in [0.05, 0.1) is 6.04 Å². The first-order valence-electron chi connectivity index (χ1n) is 7.84. The third kappa shape index (κ3) is 3.31. The van der Waals surface area contributed by atoms with E-state index >= 15 is 0 Å². The summed E-state index contributed by atoms with van der Waals surface area (Å²) >= 11 is 3.49. The van der Waals surface area contributed by atoms with Gasteiger partial charge in [-0.25, -0.2) is 4.98 Å². The largest absolute Gasteiger partial charge is 0.454 e. The van der Waals surface area contributed by atoms with Crippen LogP contribution in [0.3, 0.4) is 0 Å². The smallest absolute Gasteiger partial charge is 0.231 e. The van der Waals surface area contributed by atoms with Crippen LogP contribution in [0.25, 0.3) is 0 Å². The van der Waals surface area contributed by atoms with Crippen LogP contribution in [-0.4, -0.2) is 11.8 Å². The summed E-state index contributed by atoms with van der Waals surface area (Å²) in [5, 5.41) is 8.95. The fourth-order valence-corrected chi connectivity index (χ4v) is 4.26. The van der Waals surface area contributed by atoms with Crippen molar-refractivity contribution in [1.82, 2.24) is 10.3 Å². The SMILES string of the molecule is Cc1cc2c(cc1CNC(Cc1cccs1)c1nccs1)OCO2. The summed E-state index contributed by atoms with van der Waals surface area (Å²) < 4.78 is 10.9. The van der Waals surface area contributed by atoms with Gasteiger partial charge in [-0.3, -0.25) is 0 Å². The van der Waals surface area contributed by atoms with Gasteiger partial charge in [-0.05, 0) is 41.6 Å². The Hall–Kier alpha value is -1.89. The number of nitrogens with one attached hydrogen (secondary N) is 1. The minimum atomic E-state index is 0.216. The maximum Gasteiger partial charge on any atom is 0.231 e. The van der Waals surface area contributed by atoms with E-state index in [1.165, 1.54) is 16.0 Å². The average molecular weight is 358 g/mol. The van der Waals surface area contributed by atoms with Crippen molar-refractivity contribution in [2.45, 2.75) is 25.9 Å². The van der Waals surface area contributed by atoms with Crippen molar-refractivity contribution >= 4 is 22.7 Å². The van der Waals surface area contributed by atoms with Gasteiger partial charge in [0, 0.05) is 29.4 Å². The molecule has 124 valence electrons. The molecule has 1 unspecified atom stereocenters. The highest BCUT2D eigenvalue weighted by Gasteiger charge is 2.18. The molecule has 4 rings (SSSR count). The van der Waals surface area contributed by atoms with Gasteiger partial charge in [-0.1, -0.05) is 6.07 Å². The van der Waals surface area contributed by atoms with E-state index in [-0.39, 0.29) is 6.04 Å². The third-order valence-electron chi connectivity index (χ3n) is 4.10. The molecule has 0 aliphatic carbocycles. The first kappa shape index (κ1) is 15.6. The quantitative estimate of drug-likeness (QED) is 0.713. The highest BCUT2D eigenvalue weighted by Crippen LogP contribution is 2.35. The number of thiophene rings is 1. The molecule has 0 spiro atoms. The molecule has 4 nitrogen and oxygen atoms in total. The first-order valence-corrected chi connectivity index (χ1v) is 9.60. The molecule has 1 aromatic carbocycles. The lowest BCUT2D eigenvalue weighted by atomic mass is 10.1. The molecule has 24 heavy (non-hydrogen) atoms. The van der Waals surface area contributed by atoms with Crippen LogP contribution in [0.4, 0.5) is 0 Å². The lowest BCUT2D eigenvalue weighted by molar-refractivity contribution is 0.174. The summed E-state index contributed by atoms with van der Waals surface area (Å²) in [7, 11) is 0. The summed E-state index contributed by atoms with van der Waals surface area (Å²) in [5.41, 5.74) is 2.44. The Balaban J connectivity index is 1.51. The Bertz CT molecular complexity index is 801. The molecule has 1 atom stereocenters. The van der Waals surface area contributed by atoms with E-state index in [9.17, 15) is 0 Å². The summed E-state index contributed by atoms with van der Waals surface area (Å²) in [4.78, 5) is 5.87. The zero-order chi connectivity index (χ0) is 16.4. The van der Waals surface area contributed by atoms with Crippen LogP contribution in [-0.2, 0) is 13.0 Å². The van der Waals surface area contributed by atoms with E-state index in [4.69, 9.17) is 9.47 Å². The van der Waals surface area contributed by atoms with Crippen LogP contribution in [0.15, 0.2) is 41.2 Å². The molecule has 0 fully saturated rings. The minimum Gasteiger partial charge on any atom is -0.454 e. The number of hydrogen-bond acceptors (Lipinski definition) is 6. The van der Waals surface area contributed by atoms with Gasteiger partial charge in [-0.2, -0.15) is 0 Å². The summed E-state index contributed by atoms with van der Waals surface area (Å²) in [6.07, 6.45) is 2.82. The van der Waals surface area contributed by atoms with Gasteiger partial charge in [0.25, 0.3) is 0 Å². The number of ether oxygens (including phenoxy) is 2. The van der Waals surface area contributed by atoms with Crippen LogP contribution >= 0.6 is 22.7 Å². The Labute approximate surface area is 149 Å². The second-order valence-corrected chi connectivity index (χ2v) is 7.68. The predicted molar refractivity (Wildman–Crippen MR) is 97.0 cm³/mol. The van der Waals surface area contributed by atoms with E-state index in [0.29, 0.717) is 6.79 Å². The van der Waals surface area contributed by atoms with Crippen molar-refractivity contribution in [3.8, 4) is 11.5 Å². The Kier molecular flexibility index (Phi) is 4.51. The predicted octanol–water partition coefficient (Wildman–Crippen LogP) is 4.32. The molecule has 3 aromatic rings. The molecule has 1 aliphatic rings. The Morgan fingerprint density at radius 3 is 2.83 bits per heavy atom. The second-order valence-electron chi connectivity index (χ2n) is 5.72. The molecule has 2 aromatic heterocycles. The number of rotatable bonds is 6. The first-order chi connectivity index (χ1) is 11.8. The third-order valence-corrected chi connectivity index (χ3v) is 5.89. The number of aromatic nitrogens is 1. The van der Waals surface area contributed by atoms with Crippen LogP contribution in [0.1, 0.15) is 27.1 Å². The molecular weight excluding hydrogens is 340 g/mol. The molecule has 3 heterocycles. The molecule has 1 aliphatic heterocycles. The van der Waals surface area contributed by atoms with E-state index in [1.54, 1.807) is 22.7 Å². The van der Waals surface area contributed by atoms with E-state index in [0.717, 1.165) is 29.5 Å². The fourth-order valence-electron chi connectivity index (χ4n) is 2.79. The number of aryl methyl sites for hydroxylation is 1. The molecule has 0 saturated heterocycles. The van der Waals surface area contributed by atoms with Crippen molar-refractivity contribution in [3.05, 3.63) is 62.2 Å². The topological polar surface area (TPSA) is 43.4 Å². The molecule has 0 bridgehead atoms.